The Morgan fingerprint density at radius 2 is 2.12 bits per heavy atom. The molecule has 1 amide bonds. The van der Waals surface area contributed by atoms with Crippen LogP contribution in [-0.2, 0) is 4.79 Å². The van der Waals surface area contributed by atoms with Crippen molar-refractivity contribution in [2.75, 3.05) is 23.7 Å². The summed E-state index contributed by atoms with van der Waals surface area (Å²) in [6.07, 6.45) is 1.35. The summed E-state index contributed by atoms with van der Waals surface area (Å²) in [5, 5.41) is 0. The van der Waals surface area contributed by atoms with Crippen molar-refractivity contribution < 1.29 is 4.79 Å². The van der Waals surface area contributed by atoms with Crippen molar-refractivity contribution in [3.63, 3.8) is 0 Å². The Hall–Kier alpha value is -2.05. The van der Waals surface area contributed by atoms with Gasteiger partial charge in [-0.05, 0) is 12.8 Å². The van der Waals surface area contributed by atoms with Gasteiger partial charge >= 0.3 is 0 Å². The molecule has 0 unspecified atom stereocenters. The lowest BCUT2D eigenvalue weighted by Crippen LogP contribution is -2.40. The number of anilines is 2. The second-order valence-electron chi connectivity index (χ2n) is 4.16. The zero-order chi connectivity index (χ0) is 12.4. The van der Waals surface area contributed by atoms with Gasteiger partial charge in [-0.3, -0.25) is 14.6 Å². The van der Waals surface area contributed by atoms with E-state index >= 15 is 0 Å². The molecule has 2 heterocycles. The van der Waals surface area contributed by atoms with Crippen molar-refractivity contribution in [2.24, 2.45) is 11.7 Å². The number of nitrogens with zero attached hydrogens (tertiary/aromatic N) is 2. The molecule has 92 valence electrons. The zero-order valence-electron chi connectivity index (χ0n) is 9.35. The van der Waals surface area contributed by atoms with Crippen LogP contribution in [0.5, 0.6) is 0 Å². The number of piperidine rings is 1. The number of aromatic amines is 1. The number of carbonyl (C=O) groups excluding carboxylic acids is 1. The molecule has 0 aromatic carbocycles. The summed E-state index contributed by atoms with van der Waals surface area (Å²) in [5.41, 5.74) is 10.5. The van der Waals surface area contributed by atoms with Crippen molar-refractivity contribution in [2.45, 2.75) is 12.8 Å². The number of hydrogen-bond acceptors (Lipinski definition) is 5. The van der Waals surface area contributed by atoms with Gasteiger partial charge in [0.1, 0.15) is 5.82 Å². The van der Waals surface area contributed by atoms with Gasteiger partial charge in [-0.25, -0.2) is 0 Å². The van der Waals surface area contributed by atoms with Gasteiger partial charge in [-0.1, -0.05) is 0 Å². The second-order valence-corrected chi connectivity index (χ2v) is 4.16. The minimum absolute atomic E-state index is 0.0842. The number of nitrogen functional groups attached to an aromatic ring is 1. The number of H-pyrrole nitrogens is 1. The molecule has 0 aliphatic carbocycles. The number of primary amides is 1. The van der Waals surface area contributed by atoms with Crippen LogP contribution in [0.4, 0.5) is 11.8 Å². The number of aromatic nitrogens is 2. The minimum Gasteiger partial charge on any atom is -0.383 e. The lowest BCUT2D eigenvalue weighted by Gasteiger charge is -2.30. The number of rotatable bonds is 2. The average molecular weight is 237 g/mol. The smallest absolute Gasteiger partial charge is 0.254 e. The molecule has 0 spiro atoms. The molecule has 0 saturated carbocycles. The molecule has 17 heavy (non-hydrogen) atoms. The molecule has 2 rings (SSSR count). The van der Waals surface area contributed by atoms with E-state index in [1.165, 1.54) is 6.07 Å². The molecule has 1 aliphatic rings. The summed E-state index contributed by atoms with van der Waals surface area (Å²) in [5.74, 6) is 0.302. The topological polar surface area (TPSA) is 118 Å². The lowest BCUT2D eigenvalue weighted by molar-refractivity contribution is -0.122. The summed E-state index contributed by atoms with van der Waals surface area (Å²) >= 11 is 0. The van der Waals surface area contributed by atoms with Gasteiger partial charge in [0.15, 0.2) is 0 Å². The predicted molar refractivity (Wildman–Crippen MR) is 63.4 cm³/mol. The molecule has 7 nitrogen and oxygen atoms in total. The fourth-order valence-corrected chi connectivity index (χ4v) is 1.99. The highest BCUT2D eigenvalue weighted by Crippen LogP contribution is 2.19. The van der Waals surface area contributed by atoms with E-state index in [9.17, 15) is 9.59 Å². The quantitative estimate of drug-likeness (QED) is 0.613. The molecule has 5 N–H and O–H groups in total. The summed E-state index contributed by atoms with van der Waals surface area (Å²) < 4.78 is 0. The monoisotopic (exact) mass is 237 g/mol. The maximum atomic E-state index is 11.2. The first-order chi connectivity index (χ1) is 8.06. The highest BCUT2D eigenvalue weighted by Gasteiger charge is 2.24. The number of carbonyl (C=O) groups is 1. The van der Waals surface area contributed by atoms with E-state index in [1.54, 1.807) is 0 Å². The van der Waals surface area contributed by atoms with E-state index in [2.05, 4.69) is 9.97 Å². The Kier molecular flexibility index (Phi) is 2.99. The van der Waals surface area contributed by atoms with Crippen molar-refractivity contribution in [1.82, 2.24) is 9.97 Å². The van der Waals surface area contributed by atoms with Gasteiger partial charge in [0.2, 0.25) is 11.9 Å². The van der Waals surface area contributed by atoms with Gasteiger partial charge < -0.3 is 16.4 Å². The molecular formula is C10H15N5O2. The SMILES string of the molecule is NC(=O)C1CCN(c2nc(N)cc(=O)[nH]2)CC1. The standard InChI is InChI=1S/C10H15N5O2/c11-7-5-8(16)14-10(13-7)15-3-1-6(2-4-15)9(12)17/h5-6H,1-4H2,(H2,12,17)(H3,11,13,14,16). The number of nitrogens with two attached hydrogens (primary N) is 2. The number of nitrogens with one attached hydrogen (secondary N) is 1. The number of amides is 1. The van der Waals surface area contributed by atoms with Crippen molar-refractivity contribution in [3.05, 3.63) is 16.4 Å². The molecule has 0 atom stereocenters. The van der Waals surface area contributed by atoms with Crippen molar-refractivity contribution in [3.8, 4) is 0 Å². The van der Waals surface area contributed by atoms with Crippen molar-refractivity contribution in [1.29, 1.82) is 0 Å². The van der Waals surface area contributed by atoms with Crippen LogP contribution in [0, 0.1) is 5.92 Å². The molecular weight excluding hydrogens is 222 g/mol. The van der Waals surface area contributed by atoms with E-state index < -0.39 is 0 Å². The van der Waals surface area contributed by atoms with Crippen LogP contribution >= 0.6 is 0 Å². The van der Waals surface area contributed by atoms with E-state index in [4.69, 9.17) is 11.5 Å². The number of hydrogen-bond donors (Lipinski definition) is 3. The van der Waals surface area contributed by atoms with Crippen LogP contribution in [0.25, 0.3) is 0 Å². The summed E-state index contributed by atoms with van der Waals surface area (Å²) in [6, 6.07) is 1.24. The zero-order valence-corrected chi connectivity index (χ0v) is 9.35. The van der Waals surface area contributed by atoms with Crippen LogP contribution < -0.4 is 21.9 Å². The van der Waals surface area contributed by atoms with E-state index in [0.29, 0.717) is 31.9 Å². The van der Waals surface area contributed by atoms with Crippen LogP contribution in [0.1, 0.15) is 12.8 Å². The molecule has 1 saturated heterocycles. The molecule has 1 fully saturated rings. The molecule has 7 heteroatoms. The van der Waals surface area contributed by atoms with E-state index in [-0.39, 0.29) is 23.2 Å². The highest BCUT2D eigenvalue weighted by atomic mass is 16.1. The van der Waals surface area contributed by atoms with Gasteiger partial charge in [-0.15, -0.1) is 0 Å². The van der Waals surface area contributed by atoms with Crippen LogP contribution in [-0.4, -0.2) is 29.0 Å². The molecule has 0 radical (unpaired) electrons. The highest BCUT2D eigenvalue weighted by molar-refractivity contribution is 5.76. The molecule has 1 aromatic heterocycles. The largest absolute Gasteiger partial charge is 0.383 e. The third-order valence-corrected chi connectivity index (χ3v) is 2.95. The Balaban J connectivity index is 2.10. The predicted octanol–water partition coefficient (Wildman–Crippen LogP) is -0.946. The van der Waals surface area contributed by atoms with E-state index in [1.807, 2.05) is 4.90 Å². The average Bonchev–Trinajstić information content (AvgIpc) is 2.28. The Morgan fingerprint density at radius 3 is 2.65 bits per heavy atom. The van der Waals surface area contributed by atoms with Crippen LogP contribution in [0.2, 0.25) is 0 Å². The van der Waals surface area contributed by atoms with Crippen LogP contribution in [0.3, 0.4) is 0 Å². The summed E-state index contributed by atoms with van der Waals surface area (Å²) in [4.78, 5) is 30.9. The normalized spacial score (nSPS) is 17.1. The first-order valence-electron chi connectivity index (χ1n) is 5.47. The Morgan fingerprint density at radius 1 is 1.47 bits per heavy atom. The van der Waals surface area contributed by atoms with Gasteiger partial charge in [0.05, 0.1) is 0 Å². The maximum Gasteiger partial charge on any atom is 0.254 e. The maximum absolute atomic E-state index is 11.2. The molecule has 1 aliphatic heterocycles. The summed E-state index contributed by atoms with van der Waals surface area (Å²) in [6.45, 7) is 1.28. The van der Waals surface area contributed by atoms with Gasteiger partial charge in [0.25, 0.3) is 5.56 Å². The second kappa shape index (κ2) is 4.44. The summed E-state index contributed by atoms with van der Waals surface area (Å²) in [7, 11) is 0. The Labute approximate surface area is 97.8 Å². The molecule has 1 aromatic rings. The first-order valence-corrected chi connectivity index (χ1v) is 5.47. The van der Waals surface area contributed by atoms with E-state index in [0.717, 1.165) is 0 Å². The third kappa shape index (κ3) is 2.55. The van der Waals surface area contributed by atoms with Crippen LogP contribution in [0.15, 0.2) is 10.9 Å². The lowest BCUT2D eigenvalue weighted by atomic mass is 9.96. The fraction of sp³-hybridized carbons (Fsp3) is 0.500. The van der Waals surface area contributed by atoms with Gasteiger partial charge in [0, 0.05) is 25.1 Å². The molecule has 0 bridgehead atoms. The first kappa shape index (κ1) is 11.4. The van der Waals surface area contributed by atoms with Crippen molar-refractivity contribution >= 4 is 17.7 Å². The van der Waals surface area contributed by atoms with Gasteiger partial charge in [-0.2, -0.15) is 4.98 Å². The fourth-order valence-electron chi connectivity index (χ4n) is 1.99. The Bertz CT molecular complexity index is 476. The minimum atomic E-state index is -0.274. The third-order valence-electron chi connectivity index (χ3n) is 2.95.